The summed E-state index contributed by atoms with van der Waals surface area (Å²) >= 11 is 4.89. The Labute approximate surface area is 101 Å². The largest absolute Gasteiger partial charge is 0.388 e. The smallest absolute Gasteiger partial charge is 0.122 e. The van der Waals surface area contributed by atoms with Gasteiger partial charge in [-0.25, -0.2) is 0 Å². The molecule has 16 heavy (non-hydrogen) atoms. The third-order valence-corrected chi connectivity index (χ3v) is 3.33. The first-order valence-electron chi connectivity index (χ1n) is 5.75. The van der Waals surface area contributed by atoms with Crippen LogP contribution in [-0.2, 0) is 0 Å². The van der Waals surface area contributed by atoms with Crippen LogP contribution in [0.2, 0.25) is 0 Å². The summed E-state index contributed by atoms with van der Waals surface area (Å²) in [4.78, 5) is 4.45. The van der Waals surface area contributed by atoms with E-state index in [4.69, 9.17) is 18.0 Å². The molecular formula is C12H17N3S. The van der Waals surface area contributed by atoms with Crippen molar-refractivity contribution in [1.82, 2.24) is 4.98 Å². The summed E-state index contributed by atoms with van der Waals surface area (Å²) in [5, 5.41) is 3.38. The van der Waals surface area contributed by atoms with E-state index < -0.39 is 0 Å². The van der Waals surface area contributed by atoms with E-state index in [0.717, 1.165) is 18.2 Å². The Bertz CT molecular complexity index is 374. The highest BCUT2D eigenvalue weighted by molar-refractivity contribution is 7.80. The van der Waals surface area contributed by atoms with E-state index in [1.807, 2.05) is 12.1 Å². The molecule has 1 aliphatic rings. The molecular weight excluding hydrogens is 218 g/mol. The second kappa shape index (κ2) is 5.25. The summed E-state index contributed by atoms with van der Waals surface area (Å²) in [6, 6.07) is 3.85. The van der Waals surface area contributed by atoms with Crippen LogP contribution in [0.25, 0.3) is 0 Å². The summed E-state index contributed by atoms with van der Waals surface area (Å²) < 4.78 is 0. The van der Waals surface area contributed by atoms with Gasteiger partial charge in [0.05, 0.1) is 5.69 Å². The highest BCUT2D eigenvalue weighted by Crippen LogP contribution is 2.29. The second-order valence-electron chi connectivity index (χ2n) is 4.31. The highest BCUT2D eigenvalue weighted by Gasteiger charge is 2.16. The number of anilines is 1. The molecule has 0 bridgehead atoms. The van der Waals surface area contributed by atoms with Gasteiger partial charge in [-0.05, 0) is 24.5 Å². The zero-order chi connectivity index (χ0) is 11.4. The van der Waals surface area contributed by atoms with Crippen LogP contribution in [0.5, 0.6) is 0 Å². The Morgan fingerprint density at radius 1 is 1.56 bits per heavy atom. The number of hydrogen-bond acceptors (Lipinski definition) is 3. The van der Waals surface area contributed by atoms with E-state index in [2.05, 4.69) is 10.3 Å². The van der Waals surface area contributed by atoms with Crippen molar-refractivity contribution in [1.29, 1.82) is 0 Å². The van der Waals surface area contributed by atoms with E-state index in [1.165, 1.54) is 25.7 Å². The average Bonchev–Trinajstić information content (AvgIpc) is 2.22. The minimum atomic E-state index is 0.350. The number of nitrogens with one attached hydrogen (secondary N) is 1. The first kappa shape index (κ1) is 11.3. The van der Waals surface area contributed by atoms with E-state index in [0.29, 0.717) is 10.7 Å². The molecule has 0 saturated heterocycles. The summed E-state index contributed by atoms with van der Waals surface area (Å²) in [6.45, 7) is 1.02. The lowest BCUT2D eigenvalue weighted by atomic mass is 9.83. The molecule has 86 valence electrons. The topological polar surface area (TPSA) is 50.9 Å². The van der Waals surface area contributed by atoms with Gasteiger partial charge >= 0.3 is 0 Å². The van der Waals surface area contributed by atoms with Gasteiger partial charge in [0.2, 0.25) is 0 Å². The Morgan fingerprint density at radius 2 is 2.38 bits per heavy atom. The van der Waals surface area contributed by atoms with Crippen molar-refractivity contribution in [3.05, 3.63) is 24.0 Å². The van der Waals surface area contributed by atoms with Crippen LogP contribution in [0, 0.1) is 5.92 Å². The van der Waals surface area contributed by atoms with Crippen molar-refractivity contribution in [3.63, 3.8) is 0 Å². The molecule has 0 aliphatic heterocycles. The molecule has 0 unspecified atom stereocenters. The fourth-order valence-corrected chi connectivity index (χ4v) is 1.99. The quantitative estimate of drug-likeness (QED) is 0.769. The average molecular weight is 235 g/mol. The van der Waals surface area contributed by atoms with E-state index in [9.17, 15) is 0 Å². The lowest BCUT2D eigenvalue weighted by molar-refractivity contribution is 0.303. The number of nitrogens with zero attached hydrogens (tertiary/aromatic N) is 1. The minimum Gasteiger partial charge on any atom is -0.388 e. The Hall–Kier alpha value is -1.16. The van der Waals surface area contributed by atoms with Crippen LogP contribution in [0.4, 0.5) is 5.69 Å². The van der Waals surface area contributed by atoms with E-state index in [-0.39, 0.29) is 0 Å². The van der Waals surface area contributed by atoms with Gasteiger partial charge in [0.1, 0.15) is 4.99 Å². The van der Waals surface area contributed by atoms with Crippen molar-refractivity contribution >= 4 is 22.9 Å². The van der Waals surface area contributed by atoms with Gasteiger partial charge in [-0.3, -0.25) is 4.98 Å². The normalized spacial score (nSPS) is 15.5. The molecule has 4 heteroatoms. The maximum Gasteiger partial charge on any atom is 0.122 e. The van der Waals surface area contributed by atoms with Crippen LogP contribution in [0.15, 0.2) is 18.3 Å². The monoisotopic (exact) mass is 235 g/mol. The number of aromatic nitrogens is 1. The minimum absolute atomic E-state index is 0.350. The first-order chi connectivity index (χ1) is 7.75. The second-order valence-corrected chi connectivity index (χ2v) is 4.75. The molecule has 0 atom stereocenters. The van der Waals surface area contributed by atoms with Crippen LogP contribution < -0.4 is 11.1 Å². The Kier molecular flexibility index (Phi) is 3.72. The van der Waals surface area contributed by atoms with Crippen molar-refractivity contribution in [2.45, 2.75) is 25.7 Å². The number of thiocarbonyl (C=S) groups is 1. The molecule has 0 spiro atoms. The molecule has 1 saturated carbocycles. The van der Waals surface area contributed by atoms with E-state index in [1.54, 1.807) is 6.20 Å². The standard InChI is InChI=1S/C12H17N3S/c13-12(16)11-8-10(5-7-15-11)14-6-4-9-2-1-3-9/h5,7-9H,1-4,6H2,(H2,13,16)(H,14,15). The van der Waals surface area contributed by atoms with Crippen molar-refractivity contribution in [2.75, 3.05) is 11.9 Å². The first-order valence-corrected chi connectivity index (χ1v) is 6.16. The fraction of sp³-hybridized carbons (Fsp3) is 0.500. The molecule has 2 rings (SSSR count). The van der Waals surface area contributed by atoms with Crippen LogP contribution >= 0.6 is 12.2 Å². The predicted molar refractivity (Wildman–Crippen MR) is 70.6 cm³/mol. The lowest BCUT2D eigenvalue weighted by Gasteiger charge is -2.25. The molecule has 1 aliphatic carbocycles. The lowest BCUT2D eigenvalue weighted by Crippen LogP contribution is -2.16. The molecule has 3 N–H and O–H groups in total. The molecule has 0 aromatic carbocycles. The van der Waals surface area contributed by atoms with Gasteiger partial charge in [-0.2, -0.15) is 0 Å². The van der Waals surface area contributed by atoms with Crippen molar-refractivity contribution < 1.29 is 0 Å². The van der Waals surface area contributed by atoms with Crippen LogP contribution in [-0.4, -0.2) is 16.5 Å². The highest BCUT2D eigenvalue weighted by atomic mass is 32.1. The van der Waals surface area contributed by atoms with Gasteiger partial charge < -0.3 is 11.1 Å². The molecule has 1 aromatic heterocycles. The van der Waals surface area contributed by atoms with Gasteiger partial charge in [-0.15, -0.1) is 0 Å². The molecule has 0 radical (unpaired) electrons. The van der Waals surface area contributed by atoms with Crippen LogP contribution in [0.1, 0.15) is 31.4 Å². The summed E-state index contributed by atoms with van der Waals surface area (Å²) in [7, 11) is 0. The molecule has 1 aromatic rings. The third kappa shape index (κ3) is 2.92. The Balaban J connectivity index is 1.83. The predicted octanol–water partition coefficient (Wildman–Crippen LogP) is 2.32. The third-order valence-electron chi connectivity index (χ3n) is 3.12. The van der Waals surface area contributed by atoms with Gasteiger partial charge in [0.25, 0.3) is 0 Å². The number of nitrogens with two attached hydrogens (primary N) is 1. The Morgan fingerprint density at radius 3 is 3.00 bits per heavy atom. The molecule has 1 fully saturated rings. The van der Waals surface area contributed by atoms with Crippen molar-refractivity contribution in [3.8, 4) is 0 Å². The van der Waals surface area contributed by atoms with Crippen molar-refractivity contribution in [2.24, 2.45) is 11.7 Å². The summed E-state index contributed by atoms with van der Waals surface area (Å²) in [5.74, 6) is 0.935. The van der Waals surface area contributed by atoms with Crippen LogP contribution in [0.3, 0.4) is 0 Å². The zero-order valence-electron chi connectivity index (χ0n) is 9.28. The zero-order valence-corrected chi connectivity index (χ0v) is 10.1. The summed E-state index contributed by atoms with van der Waals surface area (Å²) in [5.41, 5.74) is 7.27. The number of hydrogen-bond donors (Lipinski definition) is 2. The van der Waals surface area contributed by atoms with Gasteiger partial charge in [-0.1, -0.05) is 31.5 Å². The summed E-state index contributed by atoms with van der Waals surface area (Å²) in [6.07, 6.45) is 7.20. The van der Waals surface area contributed by atoms with Gasteiger partial charge in [0, 0.05) is 18.4 Å². The maximum absolute atomic E-state index is 5.53. The molecule has 1 heterocycles. The maximum atomic E-state index is 5.53. The van der Waals surface area contributed by atoms with Gasteiger partial charge in [0.15, 0.2) is 0 Å². The number of pyridine rings is 1. The fourth-order valence-electron chi connectivity index (χ4n) is 1.88. The molecule has 0 amide bonds. The molecule has 3 nitrogen and oxygen atoms in total. The van der Waals surface area contributed by atoms with E-state index >= 15 is 0 Å². The number of rotatable bonds is 5. The SMILES string of the molecule is NC(=S)c1cc(NCCC2CCC2)ccn1.